The Morgan fingerprint density at radius 3 is 2.58 bits per heavy atom. The Morgan fingerprint density at radius 1 is 1.17 bits per heavy atom. The van der Waals surface area contributed by atoms with Gasteiger partial charge in [0.1, 0.15) is 11.6 Å². The van der Waals surface area contributed by atoms with Gasteiger partial charge < -0.3 is 15.2 Å². The number of hydrogen-bond donors (Lipinski definition) is 2. The van der Waals surface area contributed by atoms with Crippen molar-refractivity contribution in [2.45, 2.75) is 19.8 Å². The minimum Gasteiger partial charge on any atom is -0.360 e. The number of amides is 2. The van der Waals surface area contributed by atoms with Crippen molar-refractivity contribution in [1.82, 2.24) is 10.5 Å². The first-order chi connectivity index (χ1) is 11.5. The van der Waals surface area contributed by atoms with Gasteiger partial charge in [0.2, 0.25) is 11.8 Å². The first-order valence-corrected chi connectivity index (χ1v) is 7.23. The number of anilines is 1. The molecule has 1 aromatic carbocycles. The van der Waals surface area contributed by atoms with E-state index in [0.29, 0.717) is 5.76 Å². The molecular formula is C16H16FN3O4. The Balaban J connectivity index is 1.72. The molecule has 2 N–H and O–H groups in total. The summed E-state index contributed by atoms with van der Waals surface area (Å²) < 4.78 is 18.2. The highest BCUT2D eigenvalue weighted by Crippen LogP contribution is 2.10. The zero-order chi connectivity index (χ0) is 17.5. The molecule has 0 bridgehead atoms. The second kappa shape index (κ2) is 8.00. The molecule has 0 saturated heterocycles. The molecular weight excluding hydrogens is 317 g/mol. The Labute approximate surface area is 137 Å². The van der Waals surface area contributed by atoms with Crippen LogP contribution in [-0.4, -0.2) is 29.3 Å². The highest BCUT2D eigenvalue weighted by atomic mass is 19.1. The molecule has 0 radical (unpaired) electrons. The Bertz CT molecular complexity index is 757. The van der Waals surface area contributed by atoms with E-state index in [2.05, 4.69) is 15.8 Å². The maximum absolute atomic E-state index is 13.4. The van der Waals surface area contributed by atoms with Gasteiger partial charge in [-0.3, -0.25) is 14.4 Å². The van der Waals surface area contributed by atoms with Gasteiger partial charge in [0.15, 0.2) is 11.6 Å². The van der Waals surface area contributed by atoms with E-state index < -0.39 is 23.4 Å². The van der Waals surface area contributed by atoms with Gasteiger partial charge in [0.05, 0.1) is 12.1 Å². The average Bonchev–Trinajstić information content (AvgIpc) is 2.96. The van der Waals surface area contributed by atoms with Crippen LogP contribution in [0.1, 0.15) is 29.0 Å². The smallest absolute Gasteiger partial charge is 0.245 e. The molecule has 1 aromatic heterocycles. The van der Waals surface area contributed by atoms with Crippen molar-refractivity contribution in [1.29, 1.82) is 0 Å². The monoisotopic (exact) mass is 333 g/mol. The molecule has 2 rings (SSSR count). The number of benzene rings is 1. The minimum absolute atomic E-state index is 0.0514. The van der Waals surface area contributed by atoms with Crippen molar-refractivity contribution in [2.24, 2.45) is 0 Å². The van der Waals surface area contributed by atoms with Gasteiger partial charge in [-0.1, -0.05) is 17.3 Å². The highest BCUT2D eigenvalue weighted by molar-refractivity contribution is 5.99. The molecule has 0 aliphatic rings. The molecule has 24 heavy (non-hydrogen) atoms. The fourth-order valence-corrected chi connectivity index (χ4v) is 1.93. The maximum atomic E-state index is 13.4. The molecule has 2 aromatic rings. The van der Waals surface area contributed by atoms with Gasteiger partial charge in [0.25, 0.3) is 0 Å². The van der Waals surface area contributed by atoms with Crippen LogP contribution in [0.4, 0.5) is 10.2 Å². The molecule has 0 fully saturated rings. The van der Waals surface area contributed by atoms with Gasteiger partial charge in [0, 0.05) is 18.9 Å². The van der Waals surface area contributed by atoms with Gasteiger partial charge in [-0.15, -0.1) is 0 Å². The van der Waals surface area contributed by atoms with E-state index in [1.54, 1.807) is 13.0 Å². The van der Waals surface area contributed by atoms with Gasteiger partial charge in [-0.25, -0.2) is 4.39 Å². The third-order valence-corrected chi connectivity index (χ3v) is 3.09. The summed E-state index contributed by atoms with van der Waals surface area (Å²) in [4.78, 5) is 35.1. The molecule has 8 heteroatoms. The molecule has 0 spiro atoms. The van der Waals surface area contributed by atoms with Gasteiger partial charge in [-0.2, -0.15) is 0 Å². The number of aryl methyl sites for hydroxylation is 1. The van der Waals surface area contributed by atoms with E-state index in [1.807, 2.05) is 0 Å². The summed E-state index contributed by atoms with van der Waals surface area (Å²) in [5, 5.41) is 8.40. The lowest BCUT2D eigenvalue weighted by atomic mass is 10.1. The Kier molecular flexibility index (Phi) is 5.78. The van der Waals surface area contributed by atoms with E-state index in [-0.39, 0.29) is 30.8 Å². The number of Topliss-reactive ketones (excluding diaryl/α,β-unsaturated/α-hetero) is 1. The van der Waals surface area contributed by atoms with Crippen molar-refractivity contribution < 1.29 is 23.3 Å². The van der Waals surface area contributed by atoms with E-state index in [0.717, 1.165) is 0 Å². The number of aromatic nitrogens is 1. The van der Waals surface area contributed by atoms with Crippen LogP contribution in [0.5, 0.6) is 0 Å². The molecule has 0 atom stereocenters. The van der Waals surface area contributed by atoms with E-state index in [1.165, 1.54) is 24.3 Å². The maximum Gasteiger partial charge on any atom is 0.245 e. The molecule has 7 nitrogen and oxygen atoms in total. The quantitative estimate of drug-likeness (QED) is 0.753. The predicted molar refractivity (Wildman–Crippen MR) is 82.8 cm³/mol. The van der Waals surface area contributed by atoms with Crippen LogP contribution in [0.2, 0.25) is 0 Å². The van der Waals surface area contributed by atoms with Crippen LogP contribution in [0.3, 0.4) is 0 Å². The summed E-state index contributed by atoms with van der Waals surface area (Å²) in [6, 6.07) is 7.11. The number of ketones is 1. The molecule has 0 saturated carbocycles. The van der Waals surface area contributed by atoms with Gasteiger partial charge >= 0.3 is 0 Å². The number of hydrogen-bond acceptors (Lipinski definition) is 5. The number of carbonyl (C=O) groups is 3. The summed E-state index contributed by atoms with van der Waals surface area (Å²) in [7, 11) is 0. The van der Waals surface area contributed by atoms with Crippen molar-refractivity contribution >= 4 is 23.4 Å². The zero-order valence-corrected chi connectivity index (χ0v) is 13.0. The Hall–Kier alpha value is -3.03. The fraction of sp³-hybridized carbons (Fsp3) is 0.250. The van der Waals surface area contributed by atoms with Crippen molar-refractivity contribution in [3.63, 3.8) is 0 Å². The van der Waals surface area contributed by atoms with Gasteiger partial charge in [-0.05, 0) is 19.1 Å². The number of carbonyl (C=O) groups excluding carboxylic acids is 3. The van der Waals surface area contributed by atoms with Crippen molar-refractivity contribution in [3.05, 3.63) is 47.5 Å². The summed E-state index contributed by atoms with van der Waals surface area (Å²) in [5.74, 6) is -1.25. The summed E-state index contributed by atoms with van der Waals surface area (Å²) in [6.07, 6.45) is -0.277. The first kappa shape index (κ1) is 17.3. The predicted octanol–water partition coefficient (Wildman–Crippen LogP) is 1.84. The molecule has 126 valence electrons. The summed E-state index contributed by atoms with van der Waals surface area (Å²) in [6.45, 7) is 1.41. The lowest BCUT2D eigenvalue weighted by molar-refractivity contribution is -0.124. The normalized spacial score (nSPS) is 10.2. The average molecular weight is 333 g/mol. The molecule has 1 heterocycles. The zero-order valence-electron chi connectivity index (χ0n) is 13.0. The largest absolute Gasteiger partial charge is 0.360 e. The molecule has 0 aliphatic heterocycles. The SMILES string of the molecule is Cc1cc(NC(=O)CNC(=O)CCC(=O)c2ccccc2F)no1. The second-order valence-corrected chi connectivity index (χ2v) is 5.05. The summed E-state index contributed by atoms with van der Waals surface area (Å²) in [5.41, 5.74) is -0.0514. The third kappa shape index (κ3) is 5.01. The van der Waals surface area contributed by atoms with E-state index in [4.69, 9.17) is 4.52 Å². The lowest BCUT2D eigenvalue weighted by Crippen LogP contribution is -2.33. The van der Waals surface area contributed by atoms with Crippen molar-refractivity contribution in [3.8, 4) is 0 Å². The third-order valence-electron chi connectivity index (χ3n) is 3.09. The minimum atomic E-state index is -0.620. The van der Waals surface area contributed by atoms with Crippen LogP contribution in [0.15, 0.2) is 34.9 Å². The summed E-state index contributed by atoms with van der Waals surface area (Å²) >= 11 is 0. The number of nitrogens with one attached hydrogen (secondary N) is 2. The number of halogens is 1. The van der Waals surface area contributed by atoms with Crippen LogP contribution >= 0.6 is 0 Å². The molecule has 2 amide bonds. The highest BCUT2D eigenvalue weighted by Gasteiger charge is 2.13. The van der Waals surface area contributed by atoms with Crippen LogP contribution in [0.25, 0.3) is 0 Å². The van der Waals surface area contributed by atoms with Crippen LogP contribution in [0, 0.1) is 12.7 Å². The fourth-order valence-electron chi connectivity index (χ4n) is 1.93. The molecule has 0 aliphatic carbocycles. The Morgan fingerprint density at radius 2 is 1.92 bits per heavy atom. The second-order valence-electron chi connectivity index (χ2n) is 5.05. The topological polar surface area (TPSA) is 101 Å². The van der Waals surface area contributed by atoms with Crippen molar-refractivity contribution in [2.75, 3.05) is 11.9 Å². The van der Waals surface area contributed by atoms with E-state index >= 15 is 0 Å². The van der Waals surface area contributed by atoms with Crippen LogP contribution in [-0.2, 0) is 9.59 Å². The molecule has 0 unspecified atom stereocenters. The standard InChI is InChI=1S/C16H16FN3O4/c1-10-8-14(20-24-10)19-16(23)9-18-15(22)7-6-13(21)11-4-2-3-5-12(11)17/h2-5,8H,6-7,9H2,1H3,(H,18,22)(H,19,20,23). The van der Waals surface area contributed by atoms with E-state index in [9.17, 15) is 18.8 Å². The number of rotatable bonds is 7. The van der Waals surface area contributed by atoms with Crippen LogP contribution < -0.4 is 10.6 Å². The number of nitrogens with zero attached hydrogens (tertiary/aromatic N) is 1. The lowest BCUT2D eigenvalue weighted by Gasteiger charge is -2.05. The first-order valence-electron chi connectivity index (χ1n) is 7.23.